The first kappa shape index (κ1) is 15.0. The van der Waals surface area contributed by atoms with Crippen LogP contribution in [0.4, 0.5) is 0 Å². The van der Waals surface area contributed by atoms with E-state index in [9.17, 15) is 5.11 Å². The summed E-state index contributed by atoms with van der Waals surface area (Å²) in [7, 11) is 0. The summed E-state index contributed by atoms with van der Waals surface area (Å²) in [6.07, 6.45) is 3.02. The number of benzene rings is 1. The van der Waals surface area contributed by atoms with Gasteiger partial charge in [-0.2, -0.15) is 0 Å². The third kappa shape index (κ3) is 3.46. The van der Waals surface area contributed by atoms with Gasteiger partial charge in [0.2, 0.25) is 0 Å². The molecule has 0 bridgehead atoms. The molecule has 4 nitrogen and oxygen atoms in total. The molecule has 2 heterocycles. The molecule has 21 heavy (non-hydrogen) atoms. The summed E-state index contributed by atoms with van der Waals surface area (Å²) >= 11 is 0. The van der Waals surface area contributed by atoms with E-state index in [2.05, 4.69) is 17.0 Å². The molecule has 0 radical (unpaired) electrons. The van der Waals surface area contributed by atoms with Crippen molar-refractivity contribution in [1.29, 1.82) is 0 Å². The Morgan fingerprint density at radius 1 is 1.19 bits per heavy atom. The Hall–Kier alpha value is -0.940. The molecule has 1 aromatic rings. The molecule has 0 aromatic heterocycles. The largest absolute Gasteiger partial charge is 0.395 e. The van der Waals surface area contributed by atoms with Gasteiger partial charge >= 0.3 is 0 Å². The first-order valence-corrected chi connectivity index (χ1v) is 7.95. The van der Waals surface area contributed by atoms with E-state index in [1.54, 1.807) is 0 Å². The second-order valence-electron chi connectivity index (χ2n) is 6.36. The van der Waals surface area contributed by atoms with Crippen LogP contribution in [0.15, 0.2) is 30.3 Å². The highest BCUT2D eigenvalue weighted by Crippen LogP contribution is 2.42. The zero-order valence-corrected chi connectivity index (χ0v) is 12.4. The lowest BCUT2D eigenvalue weighted by atomic mass is 9.81. The lowest BCUT2D eigenvalue weighted by Crippen LogP contribution is -2.51. The molecule has 3 rings (SSSR count). The minimum Gasteiger partial charge on any atom is -0.395 e. The molecule has 2 aliphatic heterocycles. The molecule has 4 heteroatoms. The molecule has 2 aliphatic rings. The summed E-state index contributed by atoms with van der Waals surface area (Å²) in [5.74, 6) is 0. The summed E-state index contributed by atoms with van der Waals surface area (Å²) in [5, 5.41) is 19.3. The molecule has 2 saturated heterocycles. The molecule has 1 aromatic carbocycles. The van der Waals surface area contributed by atoms with E-state index in [-0.39, 0.29) is 24.4 Å². The Bertz CT molecular complexity index is 443. The van der Waals surface area contributed by atoms with Gasteiger partial charge in [0.1, 0.15) is 0 Å². The monoisotopic (exact) mass is 291 g/mol. The third-order valence-electron chi connectivity index (χ3n) is 4.84. The van der Waals surface area contributed by atoms with Crippen molar-refractivity contribution in [3.05, 3.63) is 35.9 Å². The van der Waals surface area contributed by atoms with Crippen LogP contribution in [-0.4, -0.2) is 53.1 Å². The molecule has 116 valence electrons. The van der Waals surface area contributed by atoms with Crippen molar-refractivity contribution < 1.29 is 14.9 Å². The summed E-state index contributed by atoms with van der Waals surface area (Å²) in [5.41, 5.74) is 0.970. The Kier molecular flexibility index (Phi) is 4.60. The van der Waals surface area contributed by atoms with Crippen LogP contribution in [0.25, 0.3) is 0 Å². The Balaban J connectivity index is 1.69. The Labute approximate surface area is 126 Å². The number of ether oxygens (including phenoxy) is 1. The second kappa shape index (κ2) is 6.44. The molecule has 1 spiro atoms. The van der Waals surface area contributed by atoms with E-state index >= 15 is 0 Å². The fourth-order valence-electron chi connectivity index (χ4n) is 3.68. The topological polar surface area (TPSA) is 52.9 Å². The minimum atomic E-state index is -0.284. The molecule has 2 atom stereocenters. The van der Waals surface area contributed by atoms with Crippen LogP contribution in [0.5, 0.6) is 0 Å². The van der Waals surface area contributed by atoms with Crippen LogP contribution < -0.4 is 0 Å². The molecule has 0 aliphatic carbocycles. The number of piperidine rings is 1. The smallest absolute Gasteiger partial charge is 0.0857 e. The van der Waals surface area contributed by atoms with Crippen LogP contribution >= 0.6 is 0 Å². The predicted octanol–water partition coefficient (Wildman–Crippen LogP) is 1.73. The molecule has 2 N–H and O–H groups in total. The van der Waals surface area contributed by atoms with Crippen LogP contribution in [0, 0.1) is 0 Å². The Morgan fingerprint density at radius 2 is 1.90 bits per heavy atom. The van der Waals surface area contributed by atoms with Crippen LogP contribution in [0.3, 0.4) is 0 Å². The van der Waals surface area contributed by atoms with Crippen LogP contribution in [-0.2, 0) is 4.74 Å². The van der Waals surface area contributed by atoms with Gasteiger partial charge in [-0.05, 0) is 18.4 Å². The first-order chi connectivity index (χ1) is 10.2. The zero-order chi connectivity index (χ0) is 14.7. The van der Waals surface area contributed by atoms with E-state index in [0.29, 0.717) is 6.42 Å². The summed E-state index contributed by atoms with van der Waals surface area (Å²) in [6, 6.07) is 10.2. The first-order valence-electron chi connectivity index (χ1n) is 7.95. The summed E-state index contributed by atoms with van der Waals surface area (Å²) in [4.78, 5) is 2.27. The maximum atomic E-state index is 10.3. The lowest BCUT2D eigenvalue weighted by Gasteiger charge is -2.48. The van der Waals surface area contributed by atoms with Crippen molar-refractivity contribution in [3.63, 3.8) is 0 Å². The molecular formula is C17H25NO3. The SMILES string of the molecule is OCCN1CCC2(CC1)C[C@H](O)C[C@H](c1ccccc1)O2. The average molecular weight is 291 g/mol. The van der Waals surface area contributed by atoms with Gasteiger partial charge in [0, 0.05) is 32.5 Å². The van der Waals surface area contributed by atoms with Crippen molar-refractivity contribution in [2.24, 2.45) is 0 Å². The number of hydrogen-bond acceptors (Lipinski definition) is 4. The van der Waals surface area contributed by atoms with E-state index in [0.717, 1.165) is 44.5 Å². The molecule has 2 fully saturated rings. The molecule has 0 unspecified atom stereocenters. The van der Waals surface area contributed by atoms with Gasteiger partial charge in [0.25, 0.3) is 0 Å². The number of nitrogens with zero attached hydrogens (tertiary/aromatic N) is 1. The van der Waals surface area contributed by atoms with Gasteiger partial charge in [-0.15, -0.1) is 0 Å². The van der Waals surface area contributed by atoms with Crippen LogP contribution in [0.1, 0.15) is 37.4 Å². The predicted molar refractivity (Wildman–Crippen MR) is 81.0 cm³/mol. The van der Waals surface area contributed by atoms with Crippen LogP contribution in [0.2, 0.25) is 0 Å². The quantitative estimate of drug-likeness (QED) is 0.890. The standard InChI is InChI=1S/C17H25NO3/c19-11-10-18-8-6-17(7-9-18)13-15(20)12-16(21-17)14-4-2-1-3-5-14/h1-5,15-16,19-20H,6-13H2/t15-,16-/m1/s1. The zero-order valence-electron chi connectivity index (χ0n) is 12.4. The fourth-order valence-corrected chi connectivity index (χ4v) is 3.68. The number of aliphatic hydroxyl groups is 2. The van der Waals surface area contributed by atoms with E-state index in [1.807, 2.05) is 18.2 Å². The van der Waals surface area contributed by atoms with Gasteiger partial charge in [-0.3, -0.25) is 0 Å². The summed E-state index contributed by atoms with van der Waals surface area (Å²) in [6.45, 7) is 2.83. The number of aliphatic hydroxyl groups excluding tert-OH is 2. The summed E-state index contributed by atoms with van der Waals surface area (Å²) < 4.78 is 6.45. The average Bonchev–Trinajstić information content (AvgIpc) is 2.50. The van der Waals surface area contributed by atoms with Crippen molar-refractivity contribution in [2.75, 3.05) is 26.2 Å². The molecular weight excluding hydrogens is 266 g/mol. The maximum absolute atomic E-state index is 10.3. The second-order valence-corrected chi connectivity index (χ2v) is 6.36. The fraction of sp³-hybridized carbons (Fsp3) is 0.647. The van der Waals surface area contributed by atoms with Crippen molar-refractivity contribution in [2.45, 2.75) is 43.5 Å². The maximum Gasteiger partial charge on any atom is 0.0857 e. The molecule has 0 amide bonds. The van der Waals surface area contributed by atoms with E-state index in [1.165, 1.54) is 0 Å². The number of β-amino-alcohol motifs (C(OH)–C–C–N with tert-alkyl or cyclic N) is 1. The van der Waals surface area contributed by atoms with Crippen molar-refractivity contribution in [3.8, 4) is 0 Å². The van der Waals surface area contributed by atoms with E-state index < -0.39 is 0 Å². The highest BCUT2D eigenvalue weighted by atomic mass is 16.5. The van der Waals surface area contributed by atoms with Crippen molar-refractivity contribution >= 4 is 0 Å². The minimum absolute atomic E-state index is 0.000609. The number of rotatable bonds is 3. The van der Waals surface area contributed by atoms with Crippen molar-refractivity contribution in [1.82, 2.24) is 4.90 Å². The van der Waals surface area contributed by atoms with Gasteiger partial charge in [-0.1, -0.05) is 30.3 Å². The Morgan fingerprint density at radius 3 is 2.57 bits per heavy atom. The number of hydrogen-bond donors (Lipinski definition) is 2. The highest BCUT2D eigenvalue weighted by Gasteiger charge is 2.43. The van der Waals surface area contributed by atoms with Gasteiger partial charge in [0.15, 0.2) is 0 Å². The highest BCUT2D eigenvalue weighted by molar-refractivity contribution is 5.19. The van der Waals surface area contributed by atoms with Gasteiger partial charge < -0.3 is 19.8 Å². The molecule has 0 saturated carbocycles. The van der Waals surface area contributed by atoms with Gasteiger partial charge in [0.05, 0.1) is 24.4 Å². The van der Waals surface area contributed by atoms with E-state index in [4.69, 9.17) is 9.84 Å². The number of likely N-dealkylation sites (tertiary alicyclic amines) is 1. The van der Waals surface area contributed by atoms with Gasteiger partial charge in [-0.25, -0.2) is 0 Å². The lowest BCUT2D eigenvalue weighted by molar-refractivity contribution is -0.184. The normalized spacial score (nSPS) is 29.6. The third-order valence-corrected chi connectivity index (χ3v) is 4.84.